The highest BCUT2D eigenvalue weighted by Crippen LogP contribution is 2.42. The predicted octanol–water partition coefficient (Wildman–Crippen LogP) is 1.25. The number of alkyl halides is 2. The Bertz CT molecular complexity index is 674. The maximum absolute atomic E-state index is 14.7. The van der Waals surface area contributed by atoms with E-state index in [9.17, 15) is 22.8 Å². The second-order valence-corrected chi connectivity index (χ2v) is 6.53. The van der Waals surface area contributed by atoms with Gasteiger partial charge in [0.1, 0.15) is 11.5 Å². The van der Waals surface area contributed by atoms with Gasteiger partial charge in [0, 0.05) is 45.8 Å². The molecule has 2 heterocycles. The first kappa shape index (κ1) is 18.6. The molecule has 144 valence electrons. The molecule has 0 radical (unpaired) electrons. The molecule has 3 aliphatic rings. The van der Waals surface area contributed by atoms with Crippen molar-refractivity contribution in [1.29, 1.82) is 0 Å². The largest absolute Gasteiger partial charge is 0.423 e. The van der Waals surface area contributed by atoms with Gasteiger partial charge in [-0.1, -0.05) is 0 Å². The fourth-order valence-electron chi connectivity index (χ4n) is 3.28. The number of nitrogens with zero attached hydrogens (tertiary/aromatic N) is 3. The van der Waals surface area contributed by atoms with E-state index < -0.39 is 36.2 Å². The first-order chi connectivity index (χ1) is 12.2. The number of halogens is 3. The van der Waals surface area contributed by atoms with Crippen LogP contribution < -0.4 is 5.32 Å². The summed E-state index contributed by atoms with van der Waals surface area (Å²) in [6, 6.07) is 0. The minimum Gasteiger partial charge on any atom is -0.423 e. The Morgan fingerprint density at radius 3 is 2.62 bits per heavy atom. The molecule has 3 rings (SSSR count). The molecule has 0 aromatic rings. The number of amides is 2. The smallest absolute Gasteiger partial charge is 0.416 e. The van der Waals surface area contributed by atoms with Crippen molar-refractivity contribution in [3.8, 4) is 0 Å². The third-order valence-electron chi connectivity index (χ3n) is 4.77. The SMILES string of the molecule is CC(=O)N(C)C1CN(C2=CC(F)=C(N3CCNCC3)C(F)(F)C2)C(=O)O1. The Balaban J connectivity index is 1.84. The number of hydrogen-bond acceptors (Lipinski definition) is 5. The van der Waals surface area contributed by atoms with Gasteiger partial charge in [0.25, 0.3) is 5.92 Å². The molecule has 2 aliphatic heterocycles. The zero-order chi connectivity index (χ0) is 19.1. The third kappa shape index (κ3) is 3.37. The molecular formula is C16H21F3N4O3. The van der Waals surface area contributed by atoms with E-state index in [4.69, 9.17) is 4.74 Å². The lowest BCUT2D eigenvalue weighted by molar-refractivity contribution is -0.134. The first-order valence-corrected chi connectivity index (χ1v) is 8.36. The highest BCUT2D eigenvalue weighted by atomic mass is 19.3. The van der Waals surface area contributed by atoms with Crippen molar-refractivity contribution in [2.24, 2.45) is 0 Å². The van der Waals surface area contributed by atoms with E-state index in [1.807, 2.05) is 0 Å². The van der Waals surface area contributed by atoms with E-state index in [1.54, 1.807) is 0 Å². The number of ether oxygens (including phenoxy) is 1. The Morgan fingerprint density at radius 1 is 1.38 bits per heavy atom. The van der Waals surface area contributed by atoms with Crippen LogP contribution in [0.3, 0.4) is 0 Å². The van der Waals surface area contributed by atoms with Gasteiger partial charge in [0.05, 0.1) is 13.0 Å². The van der Waals surface area contributed by atoms with Crippen molar-refractivity contribution in [1.82, 2.24) is 20.0 Å². The molecule has 1 atom stereocenters. The van der Waals surface area contributed by atoms with Crippen molar-refractivity contribution in [2.75, 3.05) is 39.8 Å². The summed E-state index contributed by atoms with van der Waals surface area (Å²) >= 11 is 0. The summed E-state index contributed by atoms with van der Waals surface area (Å²) < 4.78 is 49.0. The van der Waals surface area contributed by atoms with E-state index in [0.29, 0.717) is 26.2 Å². The van der Waals surface area contributed by atoms with Crippen LogP contribution in [0.25, 0.3) is 0 Å². The quantitative estimate of drug-likeness (QED) is 0.806. The minimum atomic E-state index is -3.43. The van der Waals surface area contributed by atoms with Gasteiger partial charge in [-0.15, -0.1) is 0 Å². The van der Waals surface area contributed by atoms with E-state index in [1.165, 1.54) is 23.8 Å². The normalized spacial score (nSPS) is 26.0. The summed E-state index contributed by atoms with van der Waals surface area (Å²) in [5.41, 5.74) is -0.788. The molecule has 0 aromatic carbocycles. The van der Waals surface area contributed by atoms with Crippen LogP contribution in [-0.2, 0) is 9.53 Å². The summed E-state index contributed by atoms with van der Waals surface area (Å²) in [4.78, 5) is 26.9. The number of carbonyl (C=O) groups is 2. The van der Waals surface area contributed by atoms with Gasteiger partial charge in [-0.05, 0) is 6.08 Å². The molecule has 0 aromatic heterocycles. The predicted molar refractivity (Wildman–Crippen MR) is 85.6 cm³/mol. The zero-order valence-corrected chi connectivity index (χ0v) is 14.6. The van der Waals surface area contributed by atoms with Crippen molar-refractivity contribution >= 4 is 12.0 Å². The molecule has 0 spiro atoms. The van der Waals surface area contributed by atoms with Crippen molar-refractivity contribution < 1.29 is 27.5 Å². The van der Waals surface area contributed by atoms with Crippen molar-refractivity contribution in [2.45, 2.75) is 25.5 Å². The van der Waals surface area contributed by atoms with Crippen LogP contribution in [0, 0.1) is 0 Å². The van der Waals surface area contributed by atoms with Crippen molar-refractivity contribution in [3.05, 3.63) is 23.3 Å². The van der Waals surface area contributed by atoms with Gasteiger partial charge >= 0.3 is 6.09 Å². The fourth-order valence-corrected chi connectivity index (χ4v) is 3.28. The highest BCUT2D eigenvalue weighted by Gasteiger charge is 2.47. The van der Waals surface area contributed by atoms with Crippen molar-refractivity contribution in [3.63, 3.8) is 0 Å². The molecular weight excluding hydrogens is 353 g/mol. The number of carbonyl (C=O) groups excluding carboxylic acids is 2. The van der Waals surface area contributed by atoms with Gasteiger partial charge in [-0.3, -0.25) is 9.69 Å². The third-order valence-corrected chi connectivity index (χ3v) is 4.77. The maximum Gasteiger partial charge on any atom is 0.416 e. The van der Waals surface area contributed by atoms with Gasteiger partial charge < -0.3 is 19.9 Å². The molecule has 0 bridgehead atoms. The van der Waals surface area contributed by atoms with Crippen LogP contribution in [0.1, 0.15) is 13.3 Å². The molecule has 2 saturated heterocycles. The van der Waals surface area contributed by atoms with Crippen LogP contribution in [-0.4, -0.2) is 78.6 Å². The highest BCUT2D eigenvalue weighted by molar-refractivity contribution is 5.76. The number of likely N-dealkylation sites (N-methyl/N-ethyl adjacent to an activating group) is 1. The Morgan fingerprint density at radius 2 is 2.04 bits per heavy atom. The maximum atomic E-state index is 14.7. The fraction of sp³-hybridized carbons (Fsp3) is 0.625. The average Bonchev–Trinajstić information content (AvgIpc) is 2.95. The summed E-state index contributed by atoms with van der Waals surface area (Å²) in [5, 5.41) is 3.03. The molecule has 10 heteroatoms. The van der Waals surface area contributed by atoms with Gasteiger partial charge in [-0.2, -0.15) is 8.78 Å². The number of piperazine rings is 1. The molecule has 1 aliphatic carbocycles. The summed E-state index contributed by atoms with van der Waals surface area (Å²) in [7, 11) is 1.44. The van der Waals surface area contributed by atoms with Gasteiger partial charge in [-0.25, -0.2) is 9.18 Å². The standard InChI is InChI=1S/C16H21F3N4O3/c1-10(24)21(2)13-9-23(15(25)26-13)11-7-12(17)14(16(18,19)8-11)22-5-3-20-4-6-22/h7,13,20H,3-6,8-9H2,1-2H3. The monoisotopic (exact) mass is 374 g/mol. The summed E-state index contributed by atoms with van der Waals surface area (Å²) in [5.74, 6) is -4.81. The number of cyclic esters (lactones) is 1. The van der Waals surface area contributed by atoms with E-state index in [-0.39, 0.29) is 18.1 Å². The number of nitrogens with one attached hydrogen (secondary N) is 1. The number of allylic oxidation sites excluding steroid dienone is 4. The molecule has 26 heavy (non-hydrogen) atoms. The zero-order valence-electron chi connectivity index (χ0n) is 14.6. The van der Waals surface area contributed by atoms with E-state index >= 15 is 0 Å². The molecule has 0 saturated carbocycles. The first-order valence-electron chi connectivity index (χ1n) is 8.36. The lowest BCUT2D eigenvalue weighted by atomic mass is 10.00. The Hall–Kier alpha value is -2.23. The Kier molecular flexibility index (Phi) is 4.87. The molecule has 1 N–H and O–H groups in total. The number of hydrogen-bond donors (Lipinski definition) is 1. The Labute approximate surface area is 149 Å². The molecule has 1 unspecified atom stereocenters. The van der Waals surface area contributed by atoms with E-state index in [2.05, 4.69) is 5.32 Å². The average molecular weight is 374 g/mol. The van der Waals surface area contributed by atoms with Gasteiger partial charge in [0.2, 0.25) is 5.91 Å². The summed E-state index contributed by atoms with van der Waals surface area (Å²) in [6.45, 7) is 2.76. The van der Waals surface area contributed by atoms with E-state index in [0.717, 1.165) is 11.0 Å². The second kappa shape index (κ2) is 6.82. The lowest BCUT2D eigenvalue weighted by Crippen LogP contribution is -2.48. The summed E-state index contributed by atoms with van der Waals surface area (Å²) in [6.07, 6.45) is -1.60. The molecule has 7 nitrogen and oxygen atoms in total. The molecule has 2 fully saturated rings. The van der Waals surface area contributed by atoms with Crippen LogP contribution >= 0.6 is 0 Å². The number of rotatable bonds is 3. The van der Waals surface area contributed by atoms with Crippen LogP contribution in [0.4, 0.5) is 18.0 Å². The lowest BCUT2D eigenvalue weighted by Gasteiger charge is -2.37. The van der Waals surface area contributed by atoms with Crippen LogP contribution in [0.5, 0.6) is 0 Å². The minimum absolute atomic E-state index is 0.118. The van der Waals surface area contributed by atoms with Crippen LogP contribution in [0.15, 0.2) is 23.3 Å². The topological polar surface area (TPSA) is 65.1 Å². The molecule has 2 amide bonds. The second-order valence-electron chi connectivity index (χ2n) is 6.53. The van der Waals surface area contributed by atoms with Gasteiger partial charge in [0.15, 0.2) is 6.23 Å². The van der Waals surface area contributed by atoms with Crippen LogP contribution in [0.2, 0.25) is 0 Å².